The lowest BCUT2D eigenvalue weighted by atomic mass is 10.3. The average Bonchev–Trinajstić information content (AvgIpc) is 2.22. The first-order valence-electron chi connectivity index (χ1n) is 4.95. The molecule has 17 heavy (non-hydrogen) atoms. The van der Waals surface area contributed by atoms with Gasteiger partial charge in [0.15, 0.2) is 5.82 Å². The van der Waals surface area contributed by atoms with Crippen LogP contribution < -0.4 is 5.32 Å². The number of halogens is 2. The van der Waals surface area contributed by atoms with Crippen molar-refractivity contribution in [3.8, 4) is 0 Å². The Hall–Kier alpha value is -1.75. The third-order valence-electron chi connectivity index (χ3n) is 2.10. The van der Waals surface area contributed by atoms with Crippen molar-refractivity contribution in [2.75, 3.05) is 5.32 Å². The van der Waals surface area contributed by atoms with E-state index >= 15 is 0 Å². The van der Waals surface area contributed by atoms with Crippen LogP contribution in [0.2, 0.25) is 5.15 Å². The molecule has 0 aliphatic heterocycles. The fourth-order valence-electron chi connectivity index (χ4n) is 1.34. The van der Waals surface area contributed by atoms with Gasteiger partial charge in [0.25, 0.3) is 0 Å². The molecule has 0 atom stereocenters. The highest BCUT2D eigenvalue weighted by molar-refractivity contribution is 6.29. The Kier molecular flexibility index (Phi) is 3.19. The van der Waals surface area contributed by atoms with E-state index in [2.05, 4.69) is 20.3 Å². The Morgan fingerprint density at radius 1 is 1.24 bits per heavy atom. The molecule has 0 bridgehead atoms. The predicted octanol–water partition coefficient (Wildman–Crippen LogP) is 3.02. The molecule has 0 aliphatic carbocycles. The molecule has 2 aromatic rings. The maximum atomic E-state index is 13.0. The Morgan fingerprint density at radius 3 is 2.65 bits per heavy atom. The summed E-state index contributed by atoms with van der Waals surface area (Å²) < 4.78 is 13.0. The minimum absolute atomic E-state index is 0.291. The summed E-state index contributed by atoms with van der Waals surface area (Å²) in [5.41, 5.74) is 1.78. The van der Waals surface area contributed by atoms with Crippen molar-refractivity contribution in [3.05, 3.63) is 40.7 Å². The first-order valence-corrected chi connectivity index (χ1v) is 5.33. The third kappa shape index (κ3) is 2.88. The summed E-state index contributed by atoms with van der Waals surface area (Å²) in [6, 6.07) is 3.45. The van der Waals surface area contributed by atoms with Gasteiger partial charge in [-0.15, -0.1) is 0 Å². The van der Waals surface area contributed by atoms with E-state index in [0.717, 1.165) is 11.9 Å². The summed E-state index contributed by atoms with van der Waals surface area (Å²) in [7, 11) is 0. The van der Waals surface area contributed by atoms with E-state index in [4.69, 9.17) is 11.6 Å². The monoisotopic (exact) mass is 252 g/mol. The molecule has 0 unspecified atom stereocenters. The molecule has 0 aliphatic rings. The smallest absolute Gasteiger partial charge is 0.227 e. The van der Waals surface area contributed by atoms with Crippen molar-refractivity contribution < 1.29 is 4.39 Å². The topological polar surface area (TPSA) is 50.7 Å². The van der Waals surface area contributed by atoms with Crippen LogP contribution in [0.25, 0.3) is 0 Å². The number of anilines is 2. The predicted molar refractivity (Wildman–Crippen MR) is 64.0 cm³/mol. The van der Waals surface area contributed by atoms with Crippen molar-refractivity contribution in [2.24, 2.45) is 0 Å². The maximum Gasteiger partial charge on any atom is 0.227 e. The van der Waals surface area contributed by atoms with Gasteiger partial charge < -0.3 is 5.32 Å². The highest BCUT2D eigenvalue weighted by atomic mass is 35.5. The van der Waals surface area contributed by atoms with Gasteiger partial charge in [0.05, 0.1) is 11.9 Å². The molecule has 2 rings (SSSR count). The molecule has 1 N–H and O–H groups in total. The molecule has 0 saturated carbocycles. The maximum absolute atomic E-state index is 13.0. The number of rotatable bonds is 2. The number of nitrogens with zero attached hydrogens (tertiary/aromatic N) is 3. The van der Waals surface area contributed by atoms with E-state index in [1.807, 2.05) is 6.92 Å². The Morgan fingerprint density at radius 2 is 2.00 bits per heavy atom. The Bertz CT molecular complexity index is 539. The minimum Gasteiger partial charge on any atom is -0.324 e. The highest BCUT2D eigenvalue weighted by Crippen LogP contribution is 2.18. The number of aromatic nitrogens is 3. The van der Waals surface area contributed by atoms with E-state index in [9.17, 15) is 4.39 Å². The van der Waals surface area contributed by atoms with Crippen LogP contribution in [0.1, 0.15) is 11.4 Å². The number of aryl methyl sites for hydroxylation is 2. The fourth-order valence-corrected chi connectivity index (χ4v) is 1.59. The molecule has 2 aromatic heterocycles. The summed E-state index contributed by atoms with van der Waals surface area (Å²) in [6.45, 7) is 3.40. The van der Waals surface area contributed by atoms with Crippen molar-refractivity contribution in [1.82, 2.24) is 15.0 Å². The Labute approximate surface area is 103 Å². The summed E-state index contributed by atoms with van der Waals surface area (Å²) in [4.78, 5) is 11.8. The molecule has 4 nitrogen and oxygen atoms in total. The molecule has 0 spiro atoms. The van der Waals surface area contributed by atoms with Crippen molar-refractivity contribution in [3.63, 3.8) is 0 Å². The van der Waals surface area contributed by atoms with Crippen molar-refractivity contribution in [2.45, 2.75) is 13.8 Å². The van der Waals surface area contributed by atoms with Crippen LogP contribution in [-0.2, 0) is 0 Å². The average molecular weight is 253 g/mol. The van der Waals surface area contributed by atoms with Crippen LogP contribution in [0, 0.1) is 19.7 Å². The third-order valence-corrected chi connectivity index (χ3v) is 2.29. The van der Waals surface area contributed by atoms with Gasteiger partial charge in [-0.3, -0.25) is 0 Å². The van der Waals surface area contributed by atoms with Crippen LogP contribution in [0.4, 0.5) is 16.0 Å². The van der Waals surface area contributed by atoms with Gasteiger partial charge in [-0.25, -0.2) is 19.3 Å². The van der Waals surface area contributed by atoms with E-state index in [0.29, 0.717) is 22.5 Å². The van der Waals surface area contributed by atoms with E-state index < -0.39 is 5.82 Å². The van der Waals surface area contributed by atoms with Crippen molar-refractivity contribution in [1.29, 1.82) is 0 Å². The molecule has 6 heteroatoms. The number of nitrogens with one attached hydrogen (secondary N) is 1. The lowest BCUT2D eigenvalue weighted by Gasteiger charge is -2.06. The van der Waals surface area contributed by atoms with Gasteiger partial charge in [-0.05, 0) is 26.0 Å². The van der Waals surface area contributed by atoms with Crippen LogP contribution in [0.3, 0.4) is 0 Å². The minimum atomic E-state index is -0.431. The van der Waals surface area contributed by atoms with E-state index in [1.165, 1.54) is 0 Å². The van der Waals surface area contributed by atoms with Crippen LogP contribution in [-0.4, -0.2) is 15.0 Å². The summed E-state index contributed by atoms with van der Waals surface area (Å²) in [6.07, 6.45) is 1.13. The number of hydrogen-bond donors (Lipinski definition) is 1. The SMILES string of the molecule is Cc1cc(Nc2ncc(F)c(C)n2)cc(Cl)n1. The van der Waals surface area contributed by atoms with Gasteiger partial charge in [0, 0.05) is 11.4 Å². The van der Waals surface area contributed by atoms with Crippen LogP contribution >= 0.6 is 11.6 Å². The molecular weight excluding hydrogens is 243 g/mol. The first-order chi connectivity index (χ1) is 8.04. The molecule has 0 amide bonds. The Balaban J connectivity index is 2.28. The summed E-state index contributed by atoms with van der Waals surface area (Å²) in [5, 5.41) is 3.32. The highest BCUT2D eigenvalue weighted by Gasteiger charge is 2.04. The fraction of sp³-hybridized carbons (Fsp3) is 0.182. The zero-order valence-electron chi connectivity index (χ0n) is 9.33. The van der Waals surface area contributed by atoms with Gasteiger partial charge in [-0.2, -0.15) is 0 Å². The standard InChI is InChI=1S/C11H10ClFN4/c1-6-3-8(4-10(12)15-6)17-11-14-5-9(13)7(2)16-11/h3-5H,1-2H3,(H,14,15,16,17). The van der Waals surface area contributed by atoms with E-state index in [-0.39, 0.29) is 0 Å². The van der Waals surface area contributed by atoms with Crippen LogP contribution in [0.5, 0.6) is 0 Å². The second-order valence-corrected chi connectivity index (χ2v) is 3.96. The number of hydrogen-bond acceptors (Lipinski definition) is 4. The normalized spacial score (nSPS) is 10.4. The zero-order valence-corrected chi connectivity index (χ0v) is 10.1. The second kappa shape index (κ2) is 4.63. The number of pyridine rings is 1. The van der Waals surface area contributed by atoms with E-state index in [1.54, 1.807) is 19.1 Å². The quantitative estimate of drug-likeness (QED) is 0.835. The van der Waals surface area contributed by atoms with Gasteiger partial charge in [0.1, 0.15) is 5.15 Å². The van der Waals surface area contributed by atoms with Crippen molar-refractivity contribution >= 4 is 23.2 Å². The molecule has 0 fully saturated rings. The van der Waals surface area contributed by atoms with Gasteiger partial charge >= 0.3 is 0 Å². The first kappa shape index (κ1) is 11.7. The molecule has 0 aromatic carbocycles. The summed E-state index contributed by atoms with van der Waals surface area (Å²) >= 11 is 5.82. The molecule has 2 heterocycles. The lowest BCUT2D eigenvalue weighted by Crippen LogP contribution is -2.00. The lowest BCUT2D eigenvalue weighted by molar-refractivity contribution is 0.602. The zero-order chi connectivity index (χ0) is 12.4. The molecule has 0 radical (unpaired) electrons. The van der Waals surface area contributed by atoms with Crippen LogP contribution in [0.15, 0.2) is 18.3 Å². The second-order valence-electron chi connectivity index (χ2n) is 3.57. The molecular formula is C11H10ClFN4. The molecule has 0 saturated heterocycles. The molecule has 88 valence electrons. The largest absolute Gasteiger partial charge is 0.324 e. The van der Waals surface area contributed by atoms with Gasteiger partial charge in [0.2, 0.25) is 5.95 Å². The summed E-state index contributed by atoms with van der Waals surface area (Å²) in [5.74, 6) is -0.106. The van der Waals surface area contributed by atoms with Gasteiger partial charge in [-0.1, -0.05) is 11.6 Å².